The Kier molecular flexibility index (Phi) is 5.36. The smallest absolute Gasteiger partial charge is 0.297 e. The lowest BCUT2D eigenvalue weighted by molar-refractivity contribution is 0.1000. The highest BCUT2D eigenvalue weighted by Gasteiger charge is 2.14. The lowest BCUT2D eigenvalue weighted by atomic mass is 10.2. The molecule has 0 fully saturated rings. The van der Waals surface area contributed by atoms with Crippen molar-refractivity contribution in [2.45, 2.75) is 11.8 Å². The number of primary amides is 1. The maximum atomic E-state index is 12.0. The van der Waals surface area contributed by atoms with Gasteiger partial charge in [0.1, 0.15) is 19.0 Å². The van der Waals surface area contributed by atoms with E-state index in [-0.39, 0.29) is 18.1 Å². The van der Waals surface area contributed by atoms with Crippen molar-refractivity contribution >= 4 is 16.0 Å². The van der Waals surface area contributed by atoms with E-state index in [1.54, 1.807) is 30.3 Å². The Hall–Kier alpha value is -2.38. The van der Waals surface area contributed by atoms with Gasteiger partial charge in [-0.1, -0.05) is 23.8 Å². The van der Waals surface area contributed by atoms with Crippen LogP contribution in [-0.2, 0) is 14.3 Å². The second-order valence-electron chi connectivity index (χ2n) is 4.83. The van der Waals surface area contributed by atoms with E-state index in [0.29, 0.717) is 11.3 Å². The van der Waals surface area contributed by atoms with Crippen LogP contribution in [0.25, 0.3) is 0 Å². The summed E-state index contributed by atoms with van der Waals surface area (Å²) in [6.07, 6.45) is 0. The average Bonchev–Trinajstić information content (AvgIpc) is 2.52. The second kappa shape index (κ2) is 7.26. The van der Waals surface area contributed by atoms with Crippen LogP contribution in [0.15, 0.2) is 53.4 Å². The topological polar surface area (TPSA) is 95.7 Å². The minimum Gasteiger partial charge on any atom is -0.491 e. The van der Waals surface area contributed by atoms with Crippen LogP contribution in [0.5, 0.6) is 5.75 Å². The van der Waals surface area contributed by atoms with E-state index in [1.807, 2.05) is 6.92 Å². The summed E-state index contributed by atoms with van der Waals surface area (Å²) in [6.45, 7) is 1.75. The molecule has 0 atom stereocenters. The van der Waals surface area contributed by atoms with Gasteiger partial charge in [0.25, 0.3) is 10.1 Å². The van der Waals surface area contributed by atoms with Gasteiger partial charge >= 0.3 is 0 Å². The molecular weight excluding hydrogens is 318 g/mol. The molecule has 2 N–H and O–H groups in total. The van der Waals surface area contributed by atoms with Gasteiger partial charge in [0, 0.05) is 5.56 Å². The van der Waals surface area contributed by atoms with Gasteiger partial charge in [0.15, 0.2) is 0 Å². The van der Waals surface area contributed by atoms with Crippen LogP contribution in [0, 0.1) is 6.92 Å². The second-order valence-corrected chi connectivity index (χ2v) is 6.45. The quantitative estimate of drug-likeness (QED) is 0.615. The highest BCUT2D eigenvalue weighted by Crippen LogP contribution is 2.15. The van der Waals surface area contributed by atoms with Crippen LogP contribution < -0.4 is 10.5 Å². The van der Waals surface area contributed by atoms with Crippen molar-refractivity contribution in [2.75, 3.05) is 13.2 Å². The Labute approximate surface area is 135 Å². The summed E-state index contributed by atoms with van der Waals surface area (Å²) in [5.74, 6) is -0.147. The number of rotatable bonds is 7. The van der Waals surface area contributed by atoms with Crippen LogP contribution in [0.3, 0.4) is 0 Å². The van der Waals surface area contributed by atoms with E-state index in [1.165, 1.54) is 18.2 Å². The number of hydrogen-bond acceptors (Lipinski definition) is 5. The van der Waals surface area contributed by atoms with Crippen molar-refractivity contribution in [3.05, 3.63) is 59.7 Å². The van der Waals surface area contributed by atoms with E-state index in [4.69, 9.17) is 14.7 Å². The van der Waals surface area contributed by atoms with Gasteiger partial charge in [-0.25, -0.2) is 0 Å². The Morgan fingerprint density at radius 1 is 1.09 bits per heavy atom. The highest BCUT2D eigenvalue weighted by atomic mass is 32.2. The van der Waals surface area contributed by atoms with Crippen LogP contribution in [-0.4, -0.2) is 27.5 Å². The third-order valence-corrected chi connectivity index (χ3v) is 4.35. The fourth-order valence-electron chi connectivity index (χ4n) is 1.82. The minimum atomic E-state index is -3.81. The molecule has 0 radical (unpaired) electrons. The fourth-order valence-corrected chi connectivity index (χ4v) is 2.71. The Bertz CT molecular complexity index is 784. The zero-order chi connectivity index (χ0) is 16.9. The molecule has 23 heavy (non-hydrogen) atoms. The van der Waals surface area contributed by atoms with Crippen LogP contribution in [0.1, 0.15) is 15.9 Å². The first-order valence-electron chi connectivity index (χ1n) is 6.87. The lowest BCUT2D eigenvalue weighted by Gasteiger charge is -2.08. The van der Waals surface area contributed by atoms with Gasteiger partial charge in [0.2, 0.25) is 5.91 Å². The van der Waals surface area contributed by atoms with Gasteiger partial charge in [-0.2, -0.15) is 8.42 Å². The molecule has 2 aromatic carbocycles. The summed E-state index contributed by atoms with van der Waals surface area (Å²) in [4.78, 5) is 11.2. The number of aryl methyl sites for hydroxylation is 1. The highest BCUT2D eigenvalue weighted by molar-refractivity contribution is 7.86. The molecule has 0 bridgehead atoms. The molecule has 0 aliphatic rings. The predicted octanol–water partition coefficient (Wildman–Crippen LogP) is 1.88. The number of nitrogens with two attached hydrogens (primary N) is 1. The largest absolute Gasteiger partial charge is 0.491 e. The third-order valence-electron chi connectivity index (χ3n) is 3.02. The molecule has 0 spiro atoms. The maximum Gasteiger partial charge on any atom is 0.297 e. The van der Waals surface area contributed by atoms with Gasteiger partial charge in [0.05, 0.1) is 4.90 Å². The number of carbonyl (C=O) groups is 1. The van der Waals surface area contributed by atoms with E-state index < -0.39 is 16.0 Å². The van der Waals surface area contributed by atoms with Crippen LogP contribution in [0.4, 0.5) is 0 Å². The molecule has 0 heterocycles. The zero-order valence-electron chi connectivity index (χ0n) is 12.6. The molecule has 1 amide bonds. The normalized spacial score (nSPS) is 11.2. The molecule has 0 unspecified atom stereocenters. The predicted molar refractivity (Wildman–Crippen MR) is 84.8 cm³/mol. The Balaban J connectivity index is 1.88. The first kappa shape index (κ1) is 17.0. The molecule has 0 saturated carbocycles. The Morgan fingerprint density at radius 2 is 1.78 bits per heavy atom. The number of carbonyl (C=O) groups excluding carboxylic acids is 1. The number of amides is 1. The van der Waals surface area contributed by atoms with E-state index in [2.05, 4.69) is 0 Å². The van der Waals surface area contributed by atoms with Gasteiger partial charge in [-0.05, 0) is 37.3 Å². The first-order valence-corrected chi connectivity index (χ1v) is 8.28. The van der Waals surface area contributed by atoms with E-state index in [9.17, 15) is 13.2 Å². The van der Waals surface area contributed by atoms with Gasteiger partial charge in [-0.15, -0.1) is 0 Å². The molecule has 122 valence electrons. The molecule has 0 aliphatic heterocycles. The number of benzene rings is 2. The first-order chi connectivity index (χ1) is 10.9. The third kappa shape index (κ3) is 4.80. The molecule has 6 nitrogen and oxygen atoms in total. The molecule has 7 heteroatoms. The van der Waals surface area contributed by atoms with E-state index in [0.717, 1.165) is 5.56 Å². The van der Waals surface area contributed by atoms with Crippen LogP contribution in [0.2, 0.25) is 0 Å². The molecule has 2 aromatic rings. The molecule has 0 aliphatic carbocycles. The molecule has 0 saturated heterocycles. The summed E-state index contributed by atoms with van der Waals surface area (Å²) in [7, 11) is -3.81. The SMILES string of the molecule is Cc1ccc(S(=O)(=O)OCCOc2cccc(C(N)=O)c2)cc1. The summed E-state index contributed by atoms with van der Waals surface area (Å²) >= 11 is 0. The van der Waals surface area contributed by atoms with Crippen LogP contribution >= 0.6 is 0 Å². The maximum absolute atomic E-state index is 12.0. The summed E-state index contributed by atoms with van der Waals surface area (Å²) in [6, 6.07) is 12.7. The lowest BCUT2D eigenvalue weighted by Crippen LogP contribution is -2.14. The number of hydrogen-bond donors (Lipinski definition) is 1. The Morgan fingerprint density at radius 3 is 2.43 bits per heavy atom. The van der Waals surface area contributed by atoms with Crippen molar-refractivity contribution in [3.63, 3.8) is 0 Å². The standard InChI is InChI=1S/C16H17NO5S/c1-12-5-7-15(8-6-12)23(19,20)22-10-9-21-14-4-2-3-13(11-14)16(17)18/h2-8,11H,9-10H2,1H3,(H2,17,18). The monoisotopic (exact) mass is 335 g/mol. The van der Waals surface area contributed by atoms with Crippen molar-refractivity contribution in [2.24, 2.45) is 5.73 Å². The fraction of sp³-hybridized carbons (Fsp3) is 0.188. The van der Waals surface area contributed by atoms with Crippen molar-refractivity contribution in [3.8, 4) is 5.75 Å². The summed E-state index contributed by atoms with van der Waals surface area (Å²) < 4.78 is 34.2. The summed E-state index contributed by atoms with van der Waals surface area (Å²) in [5.41, 5.74) is 6.45. The van der Waals surface area contributed by atoms with Crippen molar-refractivity contribution in [1.82, 2.24) is 0 Å². The molecule has 0 aromatic heterocycles. The molecule has 2 rings (SSSR count). The summed E-state index contributed by atoms with van der Waals surface area (Å²) in [5, 5.41) is 0. The van der Waals surface area contributed by atoms with Gasteiger partial charge < -0.3 is 10.5 Å². The van der Waals surface area contributed by atoms with Crippen molar-refractivity contribution in [1.29, 1.82) is 0 Å². The van der Waals surface area contributed by atoms with E-state index >= 15 is 0 Å². The zero-order valence-corrected chi connectivity index (χ0v) is 13.4. The average molecular weight is 335 g/mol. The molecular formula is C16H17NO5S. The number of ether oxygens (including phenoxy) is 1. The van der Waals surface area contributed by atoms with Crippen molar-refractivity contribution < 1.29 is 22.1 Å². The minimum absolute atomic E-state index is 0.0211. The van der Waals surface area contributed by atoms with Gasteiger partial charge in [-0.3, -0.25) is 8.98 Å².